The van der Waals surface area contributed by atoms with Crippen LogP contribution in [0.3, 0.4) is 0 Å². The largest absolute Gasteiger partial charge is 0.495 e. The van der Waals surface area contributed by atoms with Crippen molar-refractivity contribution in [3.63, 3.8) is 0 Å². The van der Waals surface area contributed by atoms with Crippen LogP contribution in [0.4, 0.5) is 0 Å². The van der Waals surface area contributed by atoms with Crippen molar-refractivity contribution in [3.8, 4) is 16.9 Å². The number of ether oxygens (including phenoxy) is 1. The average Bonchev–Trinajstić information content (AvgIpc) is 2.30. The van der Waals surface area contributed by atoms with E-state index in [2.05, 4.69) is 31.2 Å². The minimum absolute atomic E-state index is 0.798. The molecule has 0 aliphatic carbocycles. The summed E-state index contributed by atoms with van der Waals surface area (Å²) in [4.78, 5) is 0. The number of benzene rings is 2. The first-order chi connectivity index (χ1) is 7.33. The van der Waals surface area contributed by atoms with Gasteiger partial charge < -0.3 is 4.74 Å². The van der Waals surface area contributed by atoms with Gasteiger partial charge in [0.1, 0.15) is 5.75 Å². The zero-order chi connectivity index (χ0) is 10.7. The lowest BCUT2D eigenvalue weighted by molar-refractivity contribution is 0.415. The summed E-state index contributed by atoms with van der Waals surface area (Å²) in [5, 5.41) is 0. The van der Waals surface area contributed by atoms with Crippen LogP contribution in [0, 0.1) is 13.0 Å². The number of methoxy groups -OCH3 is 1. The van der Waals surface area contributed by atoms with E-state index >= 15 is 0 Å². The zero-order valence-corrected chi connectivity index (χ0v) is 8.95. The molecule has 1 nitrogen and oxygen atoms in total. The van der Waals surface area contributed by atoms with Crippen LogP contribution in [0.1, 0.15) is 5.56 Å². The van der Waals surface area contributed by atoms with Crippen LogP contribution in [0.5, 0.6) is 5.75 Å². The molecule has 0 aliphatic heterocycles. The number of aryl methyl sites for hydroxylation is 1. The Hall–Kier alpha value is -1.76. The Labute approximate surface area is 90.3 Å². The summed E-state index contributed by atoms with van der Waals surface area (Å²) in [6, 6.07) is 17.3. The van der Waals surface area contributed by atoms with Crippen LogP contribution in [0.2, 0.25) is 0 Å². The van der Waals surface area contributed by atoms with Crippen LogP contribution >= 0.6 is 0 Å². The lowest BCUT2D eigenvalue weighted by Gasteiger charge is -2.09. The van der Waals surface area contributed by atoms with Crippen LogP contribution in [-0.4, -0.2) is 7.11 Å². The summed E-state index contributed by atoms with van der Waals surface area (Å²) < 4.78 is 5.30. The summed E-state index contributed by atoms with van der Waals surface area (Å²) in [6.07, 6.45) is 0. The van der Waals surface area contributed by atoms with E-state index in [1.807, 2.05) is 24.3 Å². The minimum Gasteiger partial charge on any atom is -0.495 e. The number of rotatable bonds is 2. The second kappa shape index (κ2) is 4.18. The van der Waals surface area contributed by atoms with Gasteiger partial charge >= 0.3 is 0 Å². The standard InChI is InChI=1S/C14H13O/c1-11-7-3-4-8-12(11)13-9-5-6-10-14(13)15-2/h3-9H,1-2H3. The van der Waals surface area contributed by atoms with Crippen molar-refractivity contribution in [2.45, 2.75) is 6.92 Å². The monoisotopic (exact) mass is 197 g/mol. The lowest BCUT2D eigenvalue weighted by atomic mass is 10.00. The maximum Gasteiger partial charge on any atom is 0.134 e. The smallest absolute Gasteiger partial charge is 0.134 e. The van der Waals surface area contributed by atoms with E-state index < -0.39 is 0 Å². The van der Waals surface area contributed by atoms with E-state index in [0.717, 1.165) is 11.3 Å². The van der Waals surface area contributed by atoms with E-state index in [4.69, 9.17) is 4.74 Å². The first kappa shape index (κ1) is 9.78. The van der Waals surface area contributed by atoms with Crippen molar-refractivity contribution in [2.75, 3.05) is 7.11 Å². The molecule has 0 heterocycles. The average molecular weight is 197 g/mol. The molecule has 15 heavy (non-hydrogen) atoms. The van der Waals surface area contributed by atoms with Crippen molar-refractivity contribution in [2.24, 2.45) is 0 Å². The van der Waals surface area contributed by atoms with Crippen molar-refractivity contribution in [1.82, 2.24) is 0 Å². The van der Waals surface area contributed by atoms with Gasteiger partial charge in [0.25, 0.3) is 0 Å². The van der Waals surface area contributed by atoms with Gasteiger partial charge in [-0.1, -0.05) is 42.5 Å². The van der Waals surface area contributed by atoms with Gasteiger partial charge in [-0.25, -0.2) is 0 Å². The van der Waals surface area contributed by atoms with Crippen molar-refractivity contribution >= 4 is 0 Å². The minimum atomic E-state index is 0.798. The highest BCUT2D eigenvalue weighted by Gasteiger charge is 2.06. The molecule has 0 aliphatic rings. The molecule has 2 aromatic carbocycles. The van der Waals surface area contributed by atoms with Gasteiger partial charge in [-0.15, -0.1) is 0 Å². The molecular formula is C14H13O. The van der Waals surface area contributed by atoms with Crippen LogP contribution < -0.4 is 4.74 Å². The van der Waals surface area contributed by atoms with E-state index in [1.165, 1.54) is 11.1 Å². The molecule has 0 aromatic heterocycles. The van der Waals surface area contributed by atoms with E-state index in [9.17, 15) is 0 Å². The van der Waals surface area contributed by atoms with Crippen LogP contribution in [0.25, 0.3) is 11.1 Å². The number of hydrogen-bond donors (Lipinski definition) is 0. The van der Waals surface area contributed by atoms with Crippen molar-refractivity contribution in [3.05, 3.63) is 54.1 Å². The molecule has 1 heteroatoms. The van der Waals surface area contributed by atoms with Gasteiger partial charge in [0.05, 0.1) is 7.11 Å². The molecule has 0 saturated heterocycles. The molecular weight excluding hydrogens is 184 g/mol. The molecule has 0 saturated carbocycles. The molecule has 2 aromatic rings. The molecule has 0 amide bonds. The van der Waals surface area contributed by atoms with Gasteiger partial charge in [0.15, 0.2) is 0 Å². The Balaban J connectivity index is 2.59. The van der Waals surface area contributed by atoms with Gasteiger partial charge in [0.2, 0.25) is 0 Å². The molecule has 0 fully saturated rings. The summed E-state index contributed by atoms with van der Waals surface area (Å²) in [5.74, 6) is 0.798. The highest BCUT2D eigenvalue weighted by atomic mass is 16.5. The number of para-hydroxylation sites is 1. The number of hydrogen-bond acceptors (Lipinski definition) is 1. The molecule has 0 unspecified atom stereocenters. The van der Waals surface area contributed by atoms with Crippen molar-refractivity contribution in [1.29, 1.82) is 0 Å². The Morgan fingerprint density at radius 2 is 1.73 bits per heavy atom. The van der Waals surface area contributed by atoms with E-state index in [1.54, 1.807) is 7.11 Å². The summed E-state index contributed by atoms with van der Waals surface area (Å²) in [6.45, 7) is 2.10. The van der Waals surface area contributed by atoms with Gasteiger partial charge in [-0.05, 0) is 18.1 Å². The van der Waals surface area contributed by atoms with Crippen molar-refractivity contribution < 1.29 is 4.74 Å². The third-order valence-electron chi connectivity index (χ3n) is 2.46. The Morgan fingerprint density at radius 3 is 2.47 bits per heavy atom. The molecule has 1 radical (unpaired) electrons. The van der Waals surface area contributed by atoms with Gasteiger partial charge in [-0.3, -0.25) is 0 Å². The topological polar surface area (TPSA) is 9.23 Å². The predicted octanol–water partition coefficient (Wildman–Crippen LogP) is 3.47. The Kier molecular flexibility index (Phi) is 2.72. The zero-order valence-electron chi connectivity index (χ0n) is 8.95. The van der Waals surface area contributed by atoms with E-state index in [-0.39, 0.29) is 0 Å². The highest BCUT2D eigenvalue weighted by molar-refractivity contribution is 5.72. The molecule has 2 rings (SSSR count). The summed E-state index contributed by atoms with van der Waals surface area (Å²) in [5.41, 5.74) is 3.54. The van der Waals surface area contributed by atoms with Crippen LogP contribution in [0.15, 0.2) is 42.5 Å². The highest BCUT2D eigenvalue weighted by Crippen LogP contribution is 2.30. The Morgan fingerprint density at radius 1 is 1.00 bits per heavy atom. The molecule has 0 N–H and O–H groups in total. The first-order valence-corrected chi connectivity index (χ1v) is 4.93. The SMILES string of the molecule is COc1[c]cccc1-c1ccccc1C. The fraction of sp³-hybridized carbons (Fsp3) is 0.143. The van der Waals surface area contributed by atoms with Gasteiger partial charge in [-0.2, -0.15) is 0 Å². The summed E-state index contributed by atoms with van der Waals surface area (Å²) >= 11 is 0. The normalized spacial score (nSPS) is 10.0. The maximum absolute atomic E-state index is 5.30. The van der Waals surface area contributed by atoms with E-state index in [0.29, 0.717) is 0 Å². The van der Waals surface area contributed by atoms with Gasteiger partial charge in [0, 0.05) is 11.6 Å². The molecule has 0 bridgehead atoms. The first-order valence-electron chi connectivity index (χ1n) is 4.93. The Bertz CT molecular complexity index is 460. The fourth-order valence-electron chi connectivity index (χ4n) is 1.68. The predicted molar refractivity (Wildman–Crippen MR) is 62.0 cm³/mol. The lowest BCUT2D eigenvalue weighted by Crippen LogP contribution is -1.89. The molecule has 0 atom stereocenters. The fourth-order valence-corrected chi connectivity index (χ4v) is 1.68. The van der Waals surface area contributed by atoms with Crippen LogP contribution in [-0.2, 0) is 0 Å². The summed E-state index contributed by atoms with van der Waals surface area (Å²) in [7, 11) is 1.67. The second-order valence-corrected chi connectivity index (χ2v) is 3.43. The molecule has 0 spiro atoms. The molecule has 75 valence electrons. The maximum atomic E-state index is 5.30. The quantitative estimate of drug-likeness (QED) is 0.716. The third kappa shape index (κ3) is 1.86. The second-order valence-electron chi connectivity index (χ2n) is 3.43. The third-order valence-corrected chi connectivity index (χ3v) is 2.46.